The molecule has 0 aliphatic carbocycles. The highest BCUT2D eigenvalue weighted by Crippen LogP contribution is 2.32. The number of primary sulfonamides is 1. The van der Waals surface area contributed by atoms with Gasteiger partial charge in [0.05, 0.1) is 10.6 Å². The molecule has 1 aliphatic rings. The highest BCUT2D eigenvalue weighted by molar-refractivity contribution is 7.89. The summed E-state index contributed by atoms with van der Waals surface area (Å²) in [4.78, 5) is 34.2. The number of carboxylic acid groups (broad SMARTS) is 1. The summed E-state index contributed by atoms with van der Waals surface area (Å²) in [6.07, 6.45) is -0.402. The van der Waals surface area contributed by atoms with Gasteiger partial charge < -0.3 is 10.0 Å². The van der Waals surface area contributed by atoms with Crippen LogP contribution in [0.1, 0.15) is 16.8 Å². The molecule has 0 bridgehead atoms. The van der Waals surface area contributed by atoms with Crippen molar-refractivity contribution < 1.29 is 28.0 Å². The van der Waals surface area contributed by atoms with E-state index in [1.165, 1.54) is 12.1 Å². The highest BCUT2D eigenvalue weighted by atomic mass is 32.2. The third-order valence-corrected chi connectivity index (χ3v) is 4.52. The summed E-state index contributed by atoms with van der Waals surface area (Å²) in [5.74, 6) is -2.25. The van der Waals surface area contributed by atoms with E-state index in [2.05, 4.69) is 0 Å². The summed E-state index contributed by atoms with van der Waals surface area (Å²) in [5.41, 5.74) is -1.58. The van der Waals surface area contributed by atoms with Gasteiger partial charge >= 0.3 is 5.97 Å². The number of nitro benzene ring substituents is 1. The summed E-state index contributed by atoms with van der Waals surface area (Å²) in [6.45, 7) is -0.348. The molecule has 1 saturated heterocycles. The number of rotatable bonds is 4. The second-order valence-corrected chi connectivity index (χ2v) is 6.50. The number of anilines is 1. The van der Waals surface area contributed by atoms with Gasteiger partial charge in [0.25, 0.3) is 5.69 Å². The maximum atomic E-state index is 11.9. The number of nitrogens with two attached hydrogens (primary N) is 1. The number of carbonyl (C=O) groups is 2. The molecule has 0 saturated carbocycles. The van der Waals surface area contributed by atoms with Crippen molar-refractivity contribution in [3.63, 3.8) is 0 Å². The van der Waals surface area contributed by atoms with Gasteiger partial charge in [-0.3, -0.25) is 14.9 Å². The molecule has 1 fully saturated rings. The predicted octanol–water partition coefficient (Wildman–Crippen LogP) is -0.313. The van der Waals surface area contributed by atoms with E-state index in [1.807, 2.05) is 0 Å². The lowest BCUT2D eigenvalue weighted by Crippen LogP contribution is -2.32. The van der Waals surface area contributed by atoms with Crippen molar-refractivity contribution >= 4 is 33.3 Å². The van der Waals surface area contributed by atoms with Gasteiger partial charge in [-0.25, -0.2) is 18.4 Å². The zero-order valence-corrected chi connectivity index (χ0v) is 11.8. The lowest BCUT2D eigenvalue weighted by molar-refractivity contribution is -0.385. The molecule has 118 valence electrons. The Morgan fingerprint density at radius 3 is 2.55 bits per heavy atom. The molecule has 1 aromatic carbocycles. The average molecular weight is 329 g/mol. The Kier molecular flexibility index (Phi) is 3.85. The summed E-state index contributed by atoms with van der Waals surface area (Å²) in [6, 6.07) is 3.42. The largest absolute Gasteiger partial charge is 0.477 e. The number of amides is 1. The van der Waals surface area contributed by atoms with Crippen molar-refractivity contribution in [1.29, 1.82) is 0 Å². The monoisotopic (exact) mass is 329 g/mol. The fourth-order valence-electron chi connectivity index (χ4n) is 2.25. The van der Waals surface area contributed by atoms with Crippen LogP contribution in [0.2, 0.25) is 0 Å². The molecular weight excluding hydrogens is 318 g/mol. The van der Waals surface area contributed by atoms with Gasteiger partial charge in [-0.1, -0.05) is 6.07 Å². The standard InChI is InChI=1S/C11H11N3O7S/c12-22(20,21)6-4-9(15)13(5-6)7-2-1-3-8(14(18)19)10(7)11(16)17/h1-3,6H,4-5H2,(H,16,17)(H2,12,20,21). The first-order chi connectivity index (χ1) is 10.1. The minimum atomic E-state index is -3.98. The van der Waals surface area contributed by atoms with Crippen LogP contribution in [0.3, 0.4) is 0 Å². The minimum Gasteiger partial charge on any atom is -0.477 e. The zero-order valence-electron chi connectivity index (χ0n) is 11.0. The number of benzene rings is 1. The molecule has 10 nitrogen and oxygen atoms in total. The number of aromatic carboxylic acids is 1. The maximum absolute atomic E-state index is 11.9. The van der Waals surface area contributed by atoms with E-state index >= 15 is 0 Å². The van der Waals surface area contributed by atoms with Gasteiger partial charge in [0.2, 0.25) is 15.9 Å². The number of hydrogen-bond acceptors (Lipinski definition) is 6. The van der Waals surface area contributed by atoms with Crippen molar-refractivity contribution in [2.45, 2.75) is 11.7 Å². The number of hydrogen-bond donors (Lipinski definition) is 2. The summed E-state index contributed by atoms with van der Waals surface area (Å²) < 4.78 is 22.6. The van der Waals surface area contributed by atoms with Crippen molar-refractivity contribution in [3.05, 3.63) is 33.9 Å². The SMILES string of the molecule is NS(=O)(=O)C1CC(=O)N(c2cccc([N+](=O)[O-])c2C(=O)O)C1. The number of nitro groups is 1. The second-order valence-electron chi connectivity index (χ2n) is 4.65. The Morgan fingerprint density at radius 2 is 2.09 bits per heavy atom. The van der Waals surface area contributed by atoms with Crippen LogP contribution in [0.4, 0.5) is 11.4 Å². The Labute approximate surface area is 124 Å². The van der Waals surface area contributed by atoms with Gasteiger partial charge in [0.1, 0.15) is 5.25 Å². The van der Waals surface area contributed by atoms with Crippen LogP contribution in [-0.2, 0) is 14.8 Å². The van der Waals surface area contributed by atoms with Crippen LogP contribution in [0.5, 0.6) is 0 Å². The van der Waals surface area contributed by atoms with Gasteiger partial charge in [-0.2, -0.15) is 0 Å². The molecule has 1 amide bonds. The van der Waals surface area contributed by atoms with Gasteiger partial charge in [0, 0.05) is 19.0 Å². The number of nitrogens with zero attached hydrogens (tertiary/aromatic N) is 2. The van der Waals surface area contributed by atoms with Gasteiger partial charge in [-0.05, 0) is 6.07 Å². The topological polar surface area (TPSA) is 161 Å². The Balaban J connectivity index is 2.54. The van der Waals surface area contributed by atoms with Gasteiger partial charge in [-0.15, -0.1) is 0 Å². The van der Waals surface area contributed by atoms with E-state index in [-0.39, 0.29) is 12.2 Å². The first-order valence-corrected chi connectivity index (χ1v) is 7.56. The quantitative estimate of drug-likeness (QED) is 0.565. The molecule has 1 unspecified atom stereocenters. The molecule has 2 rings (SSSR count). The van der Waals surface area contributed by atoms with Crippen LogP contribution in [0.15, 0.2) is 18.2 Å². The zero-order chi connectivity index (χ0) is 16.7. The third-order valence-electron chi connectivity index (χ3n) is 3.28. The average Bonchev–Trinajstić information content (AvgIpc) is 2.79. The normalized spacial score (nSPS) is 18.5. The van der Waals surface area contributed by atoms with E-state index in [4.69, 9.17) is 5.14 Å². The fourth-order valence-corrected chi connectivity index (χ4v) is 2.98. The van der Waals surface area contributed by atoms with Gasteiger partial charge in [0.15, 0.2) is 5.56 Å². The van der Waals surface area contributed by atoms with Crippen molar-refractivity contribution in [2.75, 3.05) is 11.4 Å². The molecule has 0 aromatic heterocycles. The summed E-state index contributed by atoms with van der Waals surface area (Å²) >= 11 is 0. The Morgan fingerprint density at radius 1 is 1.45 bits per heavy atom. The third kappa shape index (κ3) is 2.76. The van der Waals surface area contributed by atoms with Crippen molar-refractivity contribution in [1.82, 2.24) is 0 Å². The number of sulfonamides is 1. The molecular formula is C11H11N3O7S. The lowest BCUT2D eigenvalue weighted by atomic mass is 10.1. The lowest BCUT2D eigenvalue weighted by Gasteiger charge is -2.18. The first-order valence-electron chi connectivity index (χ1n) is 5.95. The molecule has 3 N–H and O–H groups in total. The van der Waals surface area contributed by atoms with E-state index in [1.54, 1.807) is 0 Å². The Hall–Kier alpha value is -2.53. The molecule has 1 aromatic rings. The van der Waals surface area contributed by atoms with Crippen LogP contribution in [0.25, 0.3) is 0 Å². The molecule has 0 spiro atoms. The van der Waals surface area contributed by atoms with Crippen LogP contribution >= 0.6 is 0 Å². The van der Waals surface area contributed by atoms with E-state index in [9.17, 15) is 33.2 Å². The minimum absolute atomic E-state index is 0.224. The fraction of sp³-hybridized carbons (Fsp3) is 0.273. The highest BCUT2D eigenvalue weighted by Gasteiger charge is 2.39. The van der Waals surface area contributed by atoms with E-state index < -0.39 is 49.7 Å². The van der Waals surface area contributed by atoms with E-state index in [0.29, 0.717) is 0 Å². The summed E-state index contributed by atoms with van der Waals surface area (Å²) in [7, 11) is -3.98. The molecule has 11 heteroatoms. The molecule has 1 heterocycles. The Bertz CT molecular complexity index is 774. The molecule has 1 aliphatic heterocycles. The maximum Gasteiger partial charge on any atom is 0.344 e. The number of carbonyl (C=O) groups excluding carboxylic acids is 1. The van der Waals surface area contributed by atoms with Crippen molar-refractivity contribution in [3.8, 4) is 0 Å². The molecule has 0 radical (unpaired) electrons. The van der Waals surface area contributed by atoms with Crippen LogP contribution < -0.4 is 10.0 Å². The molecule has 22 heavy (non-hydrogen) atoms. The first kappa shape index (κ1) is 15.9. The summed E-state index contributed by atoms with van der Waals surface area (Å²) in [5, 5.41) is 23.9. The van der Waals surface area contributed by atoms with Crippen LogP contribution in [-0.4, -0.2) is 42.1 Å². The van der Waals surface area contributed by atoms with E-state index in [0.717, 1.165) is 11.0 Å². The smallest absolute Gasteiger partial charge is 0.344 e. The van der Waals surface area contributed by atoms with Crippen molar-refractivity contribution in [2.24, 2.45) is 5.14 Å². The predicted molar refractivity (Wildman–Crippen MR) is 73.9 cm³/mol. The second kappa shape index (κ2) is 5.35. The number of carboxylic acids is 1. The molecule has 1 atom stereocenters. The van der Waals surface area contributed by atoms with Crippen LogP contribution in [0, 0.1) is 10.1 Å².